The fraction of sp³-hybridized carbons (Fsp3) is 0.133. The molecule has 0 saturated carbocycles. The monoisotopic (exact) mass is 305 g/mol. The fourth-order valence-electron chi connectivity index (χ4n) is 2.11. The van der Waals surface area contributed by atoms with E-state index in [0.29, 0.717) is 21.2 Å². The van der Waals surface area contributed by atoms with Crippen molar-refractivity contribution < 1.29 is 9.53 Å². The maximum Gasteiger partial charge on any atom is 0.204 e. The number of rotatable bonds is 3. The van der Waals surface area contributed by atoms with Gasteiger partial charge in [-0.3, -0.25) is 4.79 Å². The molecule has 0 bridgehead atoms. The SMILES string of the molecule is COc1ccc(C(=O)c2cc3cc(C)[nH]c3s2)c(Cl)c1. The molecule has 0 saturated heterocycles. The van der Waals surface area contributed by atoms with Crippen molar-refractivity contribution in [3.63, 3.8) is 0 Å². The Balaban J connectivity index is 2.00. The quantitative estimate of drug-likeness (QED) is 0.727. The number of H-pyrrole nitrogens is 1. The molecule has 0 aliphatic rings. The number of carbonyl (C=O) groups excluding carboxylic acids is 1. The first kappa shape index (κ1) is 13.2. The first-order valence-electron chi connectivity index (χ1n) is 6.06. The smallest absolute Gasteiger partial charge is 0.204 e. The van der Waals surface area contributed by atoms with Crippen molar-refractivity contribution in [2.45, 2.75) is 6.92 Å². The summed E-state index contributed by atoms with van der Waals surface area (Å²) in [6, 6.07) is 9.01. The van der Waals surface area contributed by atoms with Gasteiger partial charge in [0.15, 0.2) is 0 Å². The van der Waals surface area contributed by atoms with Crippen LogP contribution in [0.15, 0.2) is 30.3 Å². The Bertz CT molecular complexity index is 772. The lowest BCUT2D eigenvalue weighted by Crippen LogP contribution is -1.99. The molecule has 102 valence electrons. The third kappa shape index (κ3) is 2.21. The molecule has 3 nitrogen and oxygen atoms in total. The highest BCUT2D eigenvalue weighted by Crippen LogP contribution is 2.30. The Labute approximate surface area is 125 Å². The molecule has 0 spiro atoms. The maximum absolute atomic E-state index is 12.5. The highest BCUT2D eigenvalue weighted by Gasteiger charge is 2.17. The van der Waals surface area contributed by atoms with Gasteiger partial charge in [0.2, 0.25) is 5.78 Å². The minimum Gasteiger partial charge on any atom is -0.497 e. The van der Waals surface area contributed by atoms with Crippen molar-refractivity contribution in [2.75, 3.05) is 7.11 Å². The van der Waals surface area contributed by atoms with E-state index in [4.69, 9.17) is 16.3 Å². The van der Waals surface area contributed by atoms with Crippen molar-refractivity contribution in [1.82, 2.24) is 4.98 Å². The molecule has 0 aliphatic heterocycles. The molecule has 3 rings (SSSR count). The minimum absolute atomic E-state index is 0.0649. The normalized spacial score (nSPS) is 10.9. The number of thiophene rings is 1. The fourth-order valence-corrected chi connectivity index (χ4v) is 3.42. The van der Waals surface area contributed by atoms with Crippen LogP contribution in [0, 0.1) is 6.92 Å². The lowest BCUT2D eigenvalue weighted by Gasteiger charge is -2.04. The summed E-state index contributed by atoms with van der Waals surface area (Å²) in [7, 11) is 1.57. The second-order valence-corrected chi connectivity index (χ2v) is 5.98. The largest absolute Gasteiger partial charge is 0.497 e. The first-order valence-corrected chi connectivity index (χ1v) is 7.25. The molecule has 0 aliphatic carbocycles. The summed E-state index contributed by atoms with van der Waals surface area (Å²) in [5, 5.41) is 1.46. The van der Waals surface area contributed by atoms with Gasteiger partial charge in [0.25, 0.3) is 0 Å². The maximum atomic E-state index is 12.5. The number of ketones is 1. The van der Waals surface area contributed by atoms with Gasteiger partial charge in [-0.1, -0.05) is 11.6 Å². The average molecular weight is 306 g/mol. The highest BCUT2D eigenvalue weighted by atomic mass is 35.5. The third-order valence-electron chi connectivity index (χ3n) is 3.09. The van der Waals surface area contributed by atoms with Gasteiger partial charge in [0.1, 0.15) is 10.6 Å². The van der Waals surface area contributed by atoms with E-state index < -0.39 is 0 Å². The van der Waals surface area contributed by atoms with E-state index in [2.05, 4.69) is 4.98 Å². The highest BCUT2D eigenvalue weighted by molar-refractivity contribution is 7.20. The Hall–Kier alpha value is -1.78. The molecule has 1 N–H and O–H groups in total. The second-order valence-electron chi connectivity index (χ2n) is 4.52. The van der Waals surface area contributed by atoms with Crippen molar-refractivity contribution in [3.8, 4) is 5.75 Å². The number of halogens is 1. The summed E-state index contributed by atoms with van der Waals surface area (Å²) in [6.07, 6.45) is 0. The number of methoxy groups -OCH3 is 1. The molecule has 5 heteroatoms. The molecule has 0 radical (unpaired) electrons. The first-order chi connectivity index (χ1) is 9.58. The minimum atomic E-state index is -0.0649. The van der Waals surface area contributed by atoms with E-state index in [1.807, 2.05) is 19.1 Å². The van der Waals surface area contributed by atoms with Gasteiger partial charge < -0.3 is 9.72 Å². The van der Waals surface area contributed by atoms with Crippen LogP contribution in [0.5, 0.6) is 5.75 Å². The summed E-state index contributed by atoms with van der Waals surface area (Å²) < 4.78 is 5.09. The number of nitrogens with one attached hydrogen (secondary N) is 1. The van der Waals surface area contributed by atoms with E-state index in [1.54, 1.807) is 25.3 Å². The molecule has 0 atom stereocenters. The molecular weight excluding hydrogens is 294 g/mol. The number of ether oxygens (including phenoxy) is 1. The van der Waals surface area contributed by atoms with Crippen LogP contribution in [0.1, 0.15) is 20.9 Å². The van der Waals surface area contributed by atoms with Crippen LogP contribution in [0.3, 0.4) is 0 Å². The van der Waals surface area contributed by atoms with Crippen molar-refractivity contribution in [3.05, 3.63) is 51.5 Å². The van der Waals surface area contributed by atoms with Crippen LogP contribution in [-0.2, 0) is 0 Å². The molecule has 0 fully saturated rings. The third-order valence-corrected chi connectivity index (χ3v) is 4.47. The van der Waals surface area contributed by atoms with Crippen molar-refractivity contribution in [2.24, 2.45) is 0 Å². The lowest BCUT2D eigenvalue weighted by atomic mass is 10.1. The zero-order chi connectivity index (χ0) is 14.3. The van der Waals surface area contributed by atoms with Crippen LogP contribution in [-0.4, -0.2) is 17.9 Å². The average Bonchev–Trinajstić information content (AvgIpc) is 2.94. The standard InChI is InChI=1S/C15H12ClNO2S/c1-8-5-9-6-13(20-15(9)17-8)14(18)11-4-3-10(19-2)7-12(11)16/h3-7,17H,1-2H3. The van der Waals surface area contributed by atoms with E-state index >= 15 is 0 Å². The number of hydrogen-bond acceptors (Lipinski definition) is 3. The molecular formula is C15H12ClNO2S. The number of benzene rings is 1. The predicted molar refractivity (Wildman–Crippen MR) is 82.3 cm³/mol. The van der Waals surface area contributed by atoms with Crippen LogP contribution in [0.4, 0.5) is 0 Å². The van der Waals surface area contributed by atoms with E-state index in [9.17, 15) is 4.79 Å². The number of aromatic nitrogens is 1. The zero-order valence-electron chi connectivity index (χ0n) is 11.0. The van der Waals surface area contributed by atoms with E-state index in [-0.39, 0.29) is 5.78 Å². The number of aromatic amines is 1. The molecule has 1 aromatic carbocycles. The number of aryl methyl sites for hydroxylation is 1. The molecule has 0 unspecified atom stereocenters. The van der Waals surface area contributed by atoms with Gasteiger partial charge >= 0.3 is 0 Å². The number of fused-ring (bicyclic) bond motifs is 1. The second kappa shape index (κ2) is 4.96. The molecule has 2 heterocycles. The van der Waals surface area contributed by atoms with Crippen LogP contribution < -0.4 is 4.74 Å². The van der Waals surface area contributed by atoms with E-state index in [1.165, 1.54) is 11.3 Å². The predicted octanol–water partition coefficient (Wildman–Crippen LogP) is 4.43. The van der Waals surface area contributed by atoms with Gasteiger partial charge in [-0.2, -0.15) is 0 Å². The molecule has 0 amide bonds. The van der Waals surface area contributed by atoms with Gasteiger partial charge in [0.05, 0.1) is 17.0 Å². The zero-order valence-corrected chi connectivity index (χ0v) is 12.6. The van der Waals surface area contributed by atoms with Crippen molar-refractivity contribution in [1.29, 1.82) is 0 Å². The Morgan fingerprint density at radius 2 is 2.10 bits per heavy atom. The van der Waals surface area contributed by atoms with Gasteiger partial charge in [-0.05, 0) is 37.3 Å². The lowest BCUT2D eigenvalue weighted by molar-refractivity contribution is 0.104. The Morgan fingerprint density at radius 3 is 2.75 bits per heavy atom. The van der Waals surface area contributed by atoms with Crippen LogP contribution >= 0.6 is 22.9 Å². The summed E-state index contributed by atoms with van der Waals surface area (Å²) in [6.45, 7) is 1.99. The van der Waals surface area contributed by atoms with Crippen LogP contribution in [0.25, 0.3) is 10.2 Å². The van der Waals surface area contributed by atoms with Gasteiger partial charge in [-0.15, -0.1) is 11.3 Å². The summed E-state index contributed by atoms with van der Waals surface area (Å²) in [4.78, 5) is 17.4. The van der Waals surface area contributed by atoms with Gasteiger partial charge in [-0.25, -0.2) is 0 Å². The Kier molecular flexibility index (Phi) is 3.28. The topological polar surface area (TPSA) is 42.1 Å². The van der Waals surface area contributed by atoms with E-state index in [0.717, 1.165) is 15.9 Å². The van der Waals surface area contributed by atoms with Gasteiger partial charge in [0, 0.05) is 16.6 Å². The number of carbonyl (C=O) groups is 1. The summed E-state index contributed by atoms with van der Waals surface area (Å²) in [5.41, 5.74) is 1.58. The van der Waals surface area contributed by atoms with Crippen molar-refractivity contribution >= 4 is 38.9 Å². The Morgan fingerprint density at radius 1 is 1.30 bits per heavy atom. The molecule has 2 aromatic heterocycles. The number of hydrogen-bond donors (Lipinski definition) is 1. The summed E-state index contributed by atoms with van der Waals surface area (Å²) in [5.74, 6) is 0.574. The summed E-state index contributed by atoms with van der Waals surface area (Å²) >= 11 is 7.59. The van der Waals surface area contributed by atoms with Crippen LogP contribution in [0.2, 0.25) is 5.02 Å². The molecule has 20 heavy (non-hydrogen) atoms. The molecule has 3 aromatic rings.